The van der Waals surface area contributed by atoms with Crippen LogP contribution < -0.4 is 26.6 Å². The number of hydrogen-bond donors (Lipinski definition) is 5. The first-order valence-corrected chi connectivity index (χ1v) is 33.6. The third-order valence-electron chi connectivity index (χ3n) is 17.7. The summed E-state index contributed by atoms with van der Waals surface area (Å²) in [6, 6.07) is -0.873. The monoisotopic (exact) mass is 1220 g/mol. The van der Waals surface area contributed by atoms with Crippen LogP contribution in [-0.4, -0.2) is 67.5 Å². The Morgan fingerprint density at radius 2 is 0.854 bits per heavy atom. The van der Waals surface area contributed by atoms with Gasteiger partial charge in [-0.3, -0.25) is 28.8 Å². The number of Topliss-reactive ketones (excluding diaryl/α,β-unsaturated/α-hetero) is 1. The molecule has 0 saturated heterocycles. The molecule has 0 saturated carbocycles. The fourth-order valence-electron chi connectivity index (χ4n) is 12.3. The van der Waals surface area contributed by atoms with E-state index >= 15 is 0 Å². The van der Waals surface area contributed by atoms with E-state index in [9.17, 15) is 28.8 Å². The van der Waals surface area contributed by atoms with Gasteiger partial charge in [-0.1, -0.05) is 168 Å². The summed E-state index contributed by atoms with van der Waals surface area (Å²) < 4.78 is 0. The smallest absolute Gasteiger partial charge is 0.244 e. The van der Waals surface area contributed by atoms with Gasteiger partial charge in [-0.15, -0.1) is 0 Å². The Morgan fingerprint density at radius 3 is 1.31 bits per heavy atom. The molecule has 3 rings (SSSR count). The Kier molecular flexibility index (Phi) is 34.6. The van der Waals surface area contributed by atoms with Crippen molar-refractivity contribution in [3.8, 4) is 0 Å². The van der Waals surface area contributed by atoms with Gasteiger partial charge >= 0.3 is 0 Å². The zero-order valence-corrected chi connectivity index (χ0v) is 57.9. The van der Waals surface area contributed by atoms with Crippen LogP contribution in [0.4, 0.5) is 0 Å². The third kappa shape index (κ3) is 30.6. The Balaban J connectivity index is 1.74. The normalized spacial score (nSPS) is 18.7. The molecular weight excluding hydrogens is 1100 g/mol. The van der Waals surface area contributed by atoms with Crippen LogP contribution >= 0.6 is 0 Å². The molecule has 0 bridgehead atoms. The molecule has 89 heavy (non-hydrogen) atoms. The minimum Gasteiger partial charge on any atom is -0.356 e. The number of hydrogen-bond acceptors (Lipinski definition) is 6. The largest absolute Gasteiger partial charge is 0.356 e. The molecule has 0 aromatic carbocycles. The summed E-state index contributed by atoms with van der Waals surface area (Å²) in [5.74, 6) is -1.94. The summed E-state index contributed by atoms with van der Waals surface area (Å²) in [4.78, 5) is 80.0. The Morgan fingerprint density at radius 1 is 0.449 bits per heavy atom. The SMILES string of the molecule is CCC(=O)NCCCCCNC(=O)C(CCCCNC(=O)/C=C(C)/C=C/C=C/C1=C(C)CCCC1(C)C)CC(=O)C(CCCCNC(=O)/C=C(C)/C=C/C=C(C)/C=C/C1=C(C)CCCC1(C)C)NC(=O)/C=C(C)/C=C/C=C(C)/C=C/C1=C(C)CCCC1(C)C. The third-order valence-corrected chi connectivity index (χ3v) is 17.7. The fourth-order valence-corrected chi connectivity index (χ4v) is 12.3. The van der Waals surface area contributed by atoms with Gasteiger partial charge in [0.05, 0.1) is 6.04 Å². The zero-order valence-electron chi connectivity index (χ0n) is 57.9. The highest BCUT2D eigenvalue weighted by Crippen LogP contribution is 2.43. The van der Waals surface area contributed by atoms with Crippen molar-refractivity contribution in [3.05, 3.63) is 165 Å². The predicted molar refractivity (Wildman–Crippen MR) is 374 cm³/mol. The van der Waals surface area contributed by atoms with Gasteiger partial charge in [0.1, 0.15) is 0 Å². The fraction of sp³-hybridized carbons (Fsp3) is 0.564. The van der Waals surface area contributed by atoms with Gasteiger partial charge in [0.15, 0.2) is 5.78 Å². The lowest BCUT2D eigenvalue weighted by molar-refractivity contribution is -0.131. The van der Waals surface area contributed by atoms with Gasteiger partial charge in [0, 0.05) is 63.2 Å². The van der Waals surface area contributed by atoms with E-state index in [2.05, 4.69) is 139 Å². The first-order chi connectivity index (χ1) is 42.1. The molecule has 2 unspecified atom stereocenters. The van der Waals surface area contributed by atoms with Crippen LogP contribution in [0.25, 0.3) is 0 Å². The quantitative estimate of drug-likeness (QED) is 0.0238. The Hall–Kier alpha value is -6.62. The maximum atomic E-state index is 14.5. The molecule has 0 spiro atoms. The minimum atomic E-state index is -0.873. The number of amides is 5. The number of carbonyl (C=O) groups excluding carboxylic acids is 6. The van der Waals surface area contributed by atoms with Crippen LogP contribution in [0.15, 0.2) is 165 Å². The standard InChI is InChI=1S/C78H117N5O6/c1-16-71(85)79-49-22-17-23-52-82-75(89)65(39-20-24-50-80-72(86)53-59(4)31-18-19-40-66-62(7)36-28-46-76(66,10)11)56-70(84)69(83-74(88)55-61(6)35-27-33-58(3)43-45-68-64(9)38-30-48-78(68,14)15)41-21-25-51-81-73(87)54-60(5)34-26-32-57(2)42-44-67-63(8)37-29-47-77(67,12)13/h18-19,26-27,31-35,40,42-45,53-55,65,69H,16-17,20-25,28-30,36-39,41,46-52,56H2,1-15H3,(H,79,85)(H,80,86)(H,81,87)(H,82,89)(H,83,88)/b31-18+,34-26+,35-27+,40-19+,44-42+,45-43+,57-32+,58-33+,59-53+,60-54+,61-55+. The van der Waals surface area contributed by atoms with Gasteiger partial charge < -0.3 is 26.6 Å². The molecule has 0 heterocycles. The number of unbranched alkanes of at least 4 members (excludes halogenated alkanes) is 4. The van der Waals surface area contributed by atoms with Crippen molar-refractivity contribution >= 4 is 35.3 Å². The molecule has 490 valence electrons. The van der Waals surface area contributed by atoms with Crippen molar-refractivity contribution in [2.75, 3.05) is 26.2 Å². The van der Waals surface area contributed by atoms with Crippen molar-refractivity contribution < 1.29 is 28.8 Å². The minimum absolute atomic E-state index is 0.00855. The lowest BCUT2D eigenvalue weighted by Gasteiger charge is -2.33. The molecular formula is C78H117N5O6. The van der Waals surface area contributed by atoms with Crippen molar-refractivity contribution in [2.24, 2.45) is 22.2 Å². The lowest BCUT2D eigenvalue weighted by Crippen LogP contribution is -2.42. The van der Waals surface area contributed by atoms with Crippen LogP contribution in [0.1, 0.15) is 232 Å². The molecule has 0 aromatic heterocycles. The second-order valence-corrected chi connectivity index (χ2v) is 27.4. The van der Waals surface area contributed by atoms with Gasteiger partial charge in [0.2, 0.25) is 29.5 Å². The van der Waals surface area contributed by atoms with Gasteiger partial charge in [-0.25, -0.2) is 0 Å². The van der Waals surface area contributed by atoms with E-state index in [0.717, 1.165) is 54.4 Å². The van der Waals surface area contributed by atoms with Crippen molar-refractivity contribution in [2.45, 2.75) is 238 Å². The van der Waals surface area contributed by atoms with Crippen molar-refractivity contribution in [1.29, 1.82) is 0 Å². The highest BCUT2D eigenvalue weighted by atomic mass is 16.2. The summed E-state index contributed by atoms with van der Waals surface area (Å²) in [6.45, 7) is 33.9. The highest BCUT2D eigenvalue weighted by molar-refractivity contribution is 5.96. The van der Waals surface area contributed by atoms with Crippen molar-refractivity contribution in [1.82, 2.24) is 26.6 Å². The summed E-state index contributed by atoms with van der Waals surface area (Å²) in [7, 11) is 0. The van der Waals surface area contributed by atoms with E-state index < -0.39 is 17.9 Å². The molecule has 3 aliphatic carbocycles. The second-order valence-electron chi connectivity index (χ2n) is 27.4. The van der Waals surface area contributed by atoms with Gasteiger partial charge in [-0.2, -0.15) is 0 Å². The lowest BCUT2D eigenvalue weighted by atomic mass is 9.72. The summed E-state index contributed by atoms with van der Waals surface area (Å²) in [5.41, 5.74) is 13.6. The molecule has 0 aromatic rings. The zero-order chi connectivity index (χ0) is 66.0. The Bertz CT molecular complexity index is 2860. The number of nitrogens with one attached hydrogen (secondary N) is 5. The van der Waals surface area contributed by atoms with Crippen LogP contribution in [-0.2, 0) is 28.8 Å². The van der Waals surface area contributed by atoms with Crippen molar-refractivity contribution in [3.63, 3.8) is 0 Å². The Labute approximate surface area is 539 Å². The van der Waals surface area contributed by atoms with E-state index in [4.69, 9.17) is 0 Å². The molecule has 3 aliphatic rings. The summed E-state index contributed by atoms with van der Waals surface area (Å²) in [5, 5.41) is 14.9. The first-order valence-electron chi connectivity index (χ1n) is 33.6. The highest BCUT2D eigenvalue weighted by Gasteiger charge is 2.30. The number of carbonyl (C=O) groups is 6. The maximum Gasteiger partial charge on any atom is 0.244 e. The van der Waals surface area contributed by atoms with Gasteiger partial charge in [0.25, 0.3) is 0 Å². The number of allylic oxidation sites excluding steroid dienone is 25. The van der Waals surface area contributed by atoms with Crippen LogP contribution in [0.5, 0.6) is 0 Å². The second kappa shape index (κ2) is 40.2. The van der Waals surface area contributed by atoms with E-state index in [-0.39, 0.29) is 52.1 Å². The molecule has 2 atom stereocenters. The van der Waals surface area contributed by atoms with E-state index in [0.29, 0.717) is 83.1 Å². The summed E-state index contributed by atoms with van der Waals surface area (Å²) in [6.07, 6.45) is 49.7. The maximum absolute atomic E-state index is 14.5. The average Bonchev–Trinajstić information content (AvgIpc) is 1.42. The predicted octanol–water partition coefficient (Wildman–Crippen LogP) is 17.1. The van der Waals surface area contributed by atoms with E-state index in [1.54, 1.807) is 12.2 Å². The summed E-state index contributed by atoms with van der Waals surface area (Å²) >= 11 is 0. The number of rotatable bonds is 36. The molecule has 0 fully saturated rings. The first kappa shape index (κ1) is 76.6. The van der Waals surface area contributed by atoms with Gasteiger partial charge in [-0.05, 0) is 214 Å². The number of ketones is 1. The molecule has 0 radical (unpaired) electrons. The topological polar surface area (TPSA) is 163 Å². The van der Waals surface area contributed by atoms with E-state index in [1.807, 2.05) is 76.3 Å². The average molecular weight is 1220 g/mol. The van der Waals surface area contributed by atoms with Crippen LogP contribution in [0.3, 0.4) is 0 Å². The molecule has 11 nitrogen and oxygen atoms in total. The molecule has 5 amide bonds. The van der Waals surface area contributed by atoms with E-state index in [1.165, 1.54) is 78.0 Å². The molecule has 0 aliphatic heterocycles. The molecule has 5 N–H and O–H groups in total. The van der Waals surface area contributed by atoms with Crippen LogP contribution in [0.2, 0.25) is 0 Å². The van der Waals surface area contributed by atoms with Crippen LogP contribution in [0, 0.1) is 22.2 Å². The molecule has 11 heteroatoms.